The van der Waals surface area contributed by atoms with E-state index in [0.717, 1.165) is 0 Å². The first-order valence-electron chi connectivity index (χ1n) is 7.33. The van der Waals surface area contributed by atoms with Gasteiger partial charge in [-0.3, -0.25) is 4.39 Å². The first-order valence-corrected chi connectivity index (χ1v) is 7.33. The SMILES string of the molecule is CC.CF.Cc1ccc2c3c(ccc2c1C)CCC=C3. The van der Waals surface area contributed by atoms with Crippen molar-refractivity contribution in [2.24, 2.45) is 0 Å². The molecule has 0 radical (unpaired) electrons. The van der Waals surface area contributed by atoms with Gasteiger partial charge < -0.3 is 0 Å². The number of allylic oxidation sites excluding steroid dienone is 1. The molecule has 0 atom stereocenters. The molecule has 3 rings (SSSR count). The van der Waals surface area contributed by atoms with E-state index in [1.165, 1.54) is 45.9 Å². The van der Waals surface area contributed by atoms with E-state index in [-0.39, 0.29) is 0 Å². The summed E-state index contributed by atoms with van der Waals surface area (Å²) in [6.07, 6.45) is 6.95. The molecule has 0 nitrogen and oxygen atoms in total. The second-order valence-electron chi connectivity index (χ2n) is 4.68. The molecular weight excluding hydrogens is 247 g/mol. The van der Waals surface area contributed by atoms with E-state index in [2.05, 4.69) is 50.3 Å². The van der Waals surface area contributed by atoms with Crippen LogP contribution in [0, 0.1) is 13.8 Å². The van der Waals surface area contributed by atoms with Gasteiger partial charge in [-0.25, -0.2) is 0 Å². The Hall–Kier alpha value is -1.63. The molecule has 0 fully saturated rings. The predicted octanol–water partition coefficient (Wildman–Crippen LogP) is 6.03. The van der Waals surface area contributed by atoms with Crippen LogP contribution in [0.5, 0.6) is 0 Å². The summed E-state index contributed by atoms with van der Waals surface area (Å²) in [7, 11) is 0.500. The molecule has 0 N–H and O–H groups in total. The van der Waals surface area contributed by atoms with E-state index in [9.17, 15) is 4.39 Å². The zero-order chi connectivity index (χ0) is 15.1. The van der Waals surface area contributed by atoms with Crippen molar-refractivity contribution < 1.29 is 4.39 Å². The Morgan fingerprint density at radius 2 is 1.55 bits per heavy atom. The fourth-order valence-corrected chi connectivity index (χ4v) is 2.59. The number of hydrogen-bond acceptors (Lipinski definition) is 0. The summed E-state index contributed by atoms with van der Waals surface area (Å²) in [6, 6.07) is 9.09. The van der Waals surface area contributed by atoms with Gasteiger partial charge in [0, 0.05) is 0 Å². The Balaban J connectivity index is 0.000000461. The lowest BCUT2D eigenvalue weighted by molar-refractivity contribution is 0.636. The second kappa shape index (κ2) is 7.84. The van der Waals surface area contributed by atoms with Crippen LogP contribution in [0.25, 0.3) is 16.8 Å². The zero-order valence-electron chi connectivity index (χ0n) is 13.3. The maximum atomic E-state index is 9.50. The minimum Gasteiger partial charge on any atom is -0.255 e. The van der Waals surface area contributed by atoms with E-state index in [1.54, 1.807) is 0 Å². The van der Waals surface area contributed by atoms with E-state index in [0.29, 0.717) is 7.18 Å². The number of alkyl halides is 1. The van der Waals surface area contributed by atoms with Crippen LogP contribution in [0.2, 0.25) is 0 Å². The van der Waals surface area contributed by atoms with Gasteiger partial charge in [-0.2, -0.15) is 0 Å². The molecule has 1 aliphatic rings. The number of halogens is 1. The molecule has 0 amide bonds. The Kier molecular flexibility index (Phi) is 6.44. The highest BCUT2D eigenvalue weighted by molar-refractivity contribution is 5.95. The van der Waals surface area contributed by atoms with Crippen LogP contribution in [0.4, 0.5) is 4.39 Å². The fourth-order valence-electron chi connectivity index (χ4n) is 2.59. The number of benzene rings is 2. The molecule has 0 saturated carbocycles. The van der Waals surface area contributed by atoms with Crippen LogP contribution in [-0.4, -0.2) is 7.18 Å². The highest BCUT2D eigenvalue weighted by atomic mass is 19.1. The van der Waals surface area contributed by atoms with Crippen molar-refractivity contribution in [1.82, 2.24) is 0 Å². The van der Waals surface area contributed by atoms with Crippen LogP contribution in [0.15, 0.2) is 30.3 Å². The minimum absolute atomic E-state index is 0.500. The normalized spacial score (nSPS) is 11.9. The fraction of sp³-hybridized carbons (Fsp3) is 0.368. The van der Waals surface area contributed by atoms with Crippen molar-refractivity contribution in [2.75, 3.05) is 7.18 Å². The first kappa shape index (κ1) is 16.4. The Bertz CT molecular complexity index is 594. The van der Waals surface area contributed by atoms with Gasteiger partial charge in [-0.15, -0.1) is 0 Å². The summed E-state index contributed by atoms with van der Waals surface area (Å²) in [5, 5.41) is 2.82. The van der Waals surface area contributed by atoms with Crippen molar-refractivity contribution in [3.05, 3.63) is 52.6 Å². The Morgan fingerprint density at radius 3 is 2.25 bits per heavy atom. The molecule has 0 heterocycles. The van der Waals surface area contributed by atoms with E-state index in [1.807, 2.05) is 13.8 Å². The molecule has 0 unspecified atom stereocenters. The molecule has 0 saturated heterocycles. The van der Waals surface area contributed by atoms with Crippen LogP contribution >= 0.6 is 0 Å². The van der Waals surface area contributed by atoms with Gasteiger partial charge in [-0.1, -0.05) is 50.3 Å². The number of hydrogen-bond donors (Lipinski definition) is 0. The van der Waals surface area contributed by atoms with Crippen LogP contribution < -0.4 is 0 Å². The number of rotatable bonds is 0. The minimum atomic E-state index is 0.500. The summed E-state index contributed by atoms with van der Waals surface area (Å²) in [6.45, 7) is 8.40. The Labute approximate surface area is 122 Å². The van der Waals surface area contributed by atoms with Gasteiger partial charge in [-0.05, 0) is 59.7 Å². The predicted molar refractivity (Wildman–Crippen MR) is 89.2 cm³/mol. The van der Waals surface area contributed by atoms with E-state index >= 15 is 0 Å². The van der Waals surface area contributed by atoms with Crippen LogP contribution in [0.3, 0.4) is 0 Å². The molecule has 0 aliphatic heterocycles. The molecule has 108 valence electrons. The van der Waals surface area contributed by atoms with Gasteiger partial charge in [0.2, 0.25) is 0 Å². The third-order valence-corrected chi connectivity index (χ3v) is 3.74. The smallest absolute Gasteiger partial charge is 0.0785 e. The number of fused-ring (bicyclic) bond motifs is 3. The standard InChI is InChI=1S/C16H16.C2H6.CH3F/c1-11-7-9-16-14(12(11)2)10-8-13-5-3-4-6-15(13)16;2*1-2/h4,6-10H,3,5H2,1-2H3;1-2H3;1H3. The zero-order valence-corrected chi connectivity index (χ0v) is 13.3. The lowest BCUT2D eigenvalue weighted by Crippen LogP contribution is -1.96. The topological polar surface area (TPSA) is 0 Å². The van der Waals surface area contributed by atoms with E-state index < -0.39 is 0 Å². The van der Waals surface area contributed by atoms with Crippen molar-refractivity contribution in [3.8, 4) is 0 Å². The van der Waals surface area contributed by atoms with Gasteiger partial charge in [0.15, 0.2) is 0 Å². The lowest BCUT2D eigenvalue weighted by Gasteiger charge is -2.15. The average Bonchev–Trinajstić information content (AvgIpc) is 2.54. The first-order chi connectivity index (χ1) is 9.77. The van der Waals surface area contributed by atoms with Crippen molar-refractivity contribution in [3.63, 3.8) is 0 Å². The monoisotopic (exact) mass is 272 g/mol. The number of aryl methyl sites for hydroxylation is 3. The van der Waals surface area contributed by atoms with Gasteiger partial charge in [0.25, 0.3) is 0 Å². The lowest BCUT2D eigenvalue weighted by atomic mass is 9.90. The summed E-state index contributed by atoms with van der Waals surface area (Å²) in [5.41, 5.74) is 5.73. The van der Waals surface area contributed by atoms with Gasteiger partial charge in [0.05, 0.1) is 7.18 Å². The molecule has 2 aromatic rings. The molecule has 20 heavy (non-hydrogen) atoms. The largest absolute Gasteiger partial charge is 0.255 e. The van der Waals surface area contributed by atoms with Crippen molar-refractivity contribution in [2.45, 2.75) is 40.5 Å². The summed E-state index contributed by atoms with van der Waals surface area (Å²) in [4.78, 5) is 0. The summed E-state index contributed by atoms with van der Waals surface area (Å²) < 4.78 is 9.50. The molecule has 0 spiro atoms. The van der Waals surface area contributed by atoms with Crippen molar-refractivity contribution in [1.29, 1.82) is 0 Å². The second-order valence-corrected chi connectivity index (χ2v) is 4.68. The molecular formula is C19H25F. The molecule has 1 aliphatic carbocycles. The molecule has 0 bridgehead atoms. The van der Waals surface area contributed by atoms with Crippen LogP contribution in [-0.2, 0) is 6.42 Å². The quantitative estimate of drug-likeness (QED) is 0.549. The maximum Gasteiger partial charge on any atom is 0.0785 e. The van der Waals surface area contributed by atoms with Crippen LogP contribution in [0.1, 0.15) is 42.5 Å². The highest BCUT2D eigenvalue weighted by Crippen LogP contribution is 2.30. The molecule has 0 aromatic heterocycles. The maximum absolute atomic E-state index is 9.50. The third kappa shape index (κ3) is 3.09. The van der Waals surface area contributed by atoms with Crippen molar-refractivity contribution >= 4 is 16.8 Å². The molecule has 2 aromatic carbocycles. The highest BCUT2D eigenvalue weighted by Gasteiger charge is 2.09. The van der Waals surface area contributed by atoms with E-state index in [4.69, 9.17) is 0 Å². The third-order valence-electron chi connectivity index (χ3n) is 3.74. The summed E-state index contributed by atoms with van der Waals surface area (Å²) in [5.74, 6) is 0. The van der Waals surface area contributed by atoms with Gasteiger partial charge in [0.1, 0.15) is 0 Å². The van der Waals surface area contributed by atoms with Gasteiger partial charge >= 0.3 is 0 Å². The average molecular weight is 272 g/mol. The Morgan fingerprint density at radius 1 is 0.900 bits per heavy atom. The summed E-state index contributed by atoms with van der Waals surface area (Å²) >= 11 is 0. The molecule has 1 heteroatoms.